The Morgan fingerprint density at radius 2 is 1.83 bits per heavy atom. The number of carbonyl (C=O) groups is 2. The molecule has 0 radical (unpaired) electrons. The Bertz CT molecular complexity index is 1080. The normalized spacial score (nSPS) is 16.5. The highest BCUT2D eigenvalue weighted by Crippen LogP contribution is 2.28. The van der Waals surface area contributed by atoms with Crippen LogP contribution >= 0.6 is 0 Å². The molecule has 0 spiro atoms. The van der Waals surface area contributed by atoms with E-state index < -0.39 is 27.9 Å². The second-order valence-corrected chi connectivity index (χ2v) is 8.61. The first kappa shape index (κ1) is 21.4. The number of benzene rings is 2. The Kier molecular flexibility index (Phi) is 6.41. The molecule has 8 nitrogen and oxygen atoms in total. The second-order valence-electron chi connectivity index (χ2n) is 6.59. The molecule has 0 aromatic heterocycles. The smallest absolute Gasteiger partial charge is 0.338 e. The van der Waals surface area contributed by atoms with Crippen molar-refractivity contribution in [2.24, 2.45) is 0 Å². The lowest BCUT2D eigenvalue weighted by Gasteiger charge is -2.29. The fraction of sp³-hybridized carbons (Fsp3) is 0.238. The molecule has 1 aliphatic rings. The van der Waals surface area contributed by atoms with E-state index in [4.69, 9.17) is 9.47 Å². The van der Waals surface area contributed by atoms with Gasteiger partial charge in [-0.05, 0) is 30.7 Å². The summed E-state index contributed by atoms with van der Waals surface area (Å²) in [6.07, 6.45) is 1.10. The summed E-state index contributed by atoms with van der Waals surface area (Å²) in [5.41, 5.74) is 1.18. The van der Waals surface area contributed by atoms with E-state index in [1.165, 1.54) is 12.1 Å². The SMILES string of the molecule is CCOC(=O)C1=C(COc2cccc(S(C)(=O)=O)c2)NC(=O)NC1c1ccccc1. The van der Waals surface area contributed by atoms with E-state index in [9.17, 15) is 18.0 Å². The highest BCUT2D eigenvalue weighted by Gasteiger charge is 2.33. The van der Waals surface area contributed by atoms with Crippen LogP contribution < -0.4 is 15.4 Å². The molecule has 1 unspecified atom stereocenters. The van der Waals surface area contributed by atoms with Gasteiger partial charge in [0.15, 0.2) is 9.84 Å². The van der Waals surface area contributed by atoms with E-state index in [2.05, 4.69) is 10.6 Å². The molecule has 1 heterocycles. The molecule has 30 heavy (non-hydrogen) atoms. The number of hydrogen-bond acceptors (Lipinski definition) is 6. The summed E-state index contributed by atoms with van der Waals surface area (Å²) >= 11 is 0. The van der Waals surface area contributed by atoms with E-state index in [1.807, 2.05) is 6.07 Å². The zero-order valence-electron chi connectivity index (χ0n) is 16.5. The second kappa shape index (κ2) is 9.00. The fourth-order valence-electron chi connectivity index (χ4n) is 3.03. The maximum Gasteiger partial charge on any atom is 0.338 e. The van der Waals surface area contributed by atoms with Gasteiger partial charge in [0.2, 0.25) is 0 Å². The van der Waals surface area contributed by atoms with Gasteiger partial charge in [0, 0.05) is 6.26 Å². The van der Waals surface area contributed by atoms with Gasteiger partial charge in [-0.25, -0.2) is 18.0 Å². The third kappa shape index (κ3) is 4.98. The third-order valence-corrected chi connectivity index (χ3v) is 5.51. The standard InChI is InChI=1S/C21H22N2O6S/c1-3-28-20(24)18-17(13-29-15-10-7-11-16(12-15)30(2,26)27)22-21(25)23-19(18)14-8-5-4-6-9-14/h4-12,19H,3,13H2,1-2H3,(H2,22,23,25). The minimum absolute atomic E-state index is 0.108. The first-order valence-corrected chi connectivity index (χ1v) is 11.1. The first-order chi connectivity index (χ1) is 14.3. The van der Waals surface area contributed by atoms with Crippen molar-refractivity contribution in [1.82, 2.24) is 10.6 Å². The minimum Gasteiger partial charge on any atom is -0.487 e. The number of carbonyl (C=O) groups excluding carboxylic acids is 2. The van der Waals surface area contributed by atoms with Crippen LogP contribution in [-0.2, 0) is 19.4 Å². The maximum atomic E-state index is 12.7. The van der Waals surface area contributed by atoms with Crippen LogP contribution in [0.3, 0.4) is 0 Å². The average molecular weight is 430 g/mol. The number of sulfone groups is 1. The maximum absolute atomic E-state index is 12.7. The van der Waals surface area contributed by atoms with Crippen molar-refractivity contribution in [2.45, 2.75) is 17.9 Å². The lowest BCUT2D eigenvalue weighted by molar-refractivity contribution is -0.139. The van der Waals surface area contributed by atoms with Crippen LogP contribution in [0.1, 0.15) is 18.5 Å². The quantitative estimate of drug-likeness (QED) is 0.653. The van der Waals surface area contributed by atoms with Crippen LogP contribution in [0.4, 0.5) is 4.79 Å². The van der Waals surface area contributed by atoms with Crippen molar-refractivity contribution in [3.63, 3.8) is 0 Å². The van der Waals surface area contributed by atoms with Crippen LogP contribution in [0.15, 0.2) is 70.8 Å². The van der Waals surface area contributed by atoms with Crippen molar-refractivity contribution in [3.8, 4) is 5.75 Å². The molecular formula is C21H22N2O6S. The fourth-order valence-corrected chi connectivity index (χ4v) is 3.68. The number of rotatable bonds is 7. The summed E-state index contributed by atoms with van der Waals surface area (Å²) in [7, 11) is -3.40. The highest BCUT2D eigenvalue weighted by molar-refractivity contribution is 7.90. The number of hydrogen-bond donors (Lipinski definition) is 2. The Morgan fingerprint density at radius 3 is 2.50 bits per heavy atom. The van der Waals surface area contributed by atoms with Crippen molar-refractivity contribution < 1.29 is 27.5 Å². The molecule has 0 bridgehead atoms. The van der Waals surface area contributed by atoms with Gasteiger partial charge in [-0.2, -0.15) is 0 Å². The average Bonchev–Trinajstić information content (AvgIpc) is 2.72. The zero-order valence-corrected chi connectivity index (χ0v) is 17.4. The van der Waals surface area contributed by atoms with E-state index in [0.717, 1.165) is 6.26 Å². The van der Waals surface area contributed by atoms with Gasteiger partial charge in [-0.1, -0.05) is 36.4 Å². The zero-order chi connectivity index (χ0) is 21.7. The van der Waals surface area contributed by atoms with Gasteiger partial charge in [0.05, 0.1) is 28.8 Å². The summed E-state index contributed by atoms with van der Waals surface area (Å²) in [6.45, 7) is 1.71. The van der Waals surface area contributed by atoms with Gasteiger partial charge in [-0.3, -0.25) is 0 Å². The van der Waals surface area contributed by atoms with Gasteiger partial charge < -0.3 is 20.1 Å². The predicted octanol–water partition coefficient (Wildman–Crippen LogP) is 2.34. The molecule has 158 valence electrons. The molecule has 3 rings (SSSR count). The van der Waals surface area contributed by atoms with Crippen LogP contribution in [-0.4, -0.2) is 39.9 Å². The van der Waals surface area contributed by atoms with Crippen molar-refractivity contribution >= 4 is 21.8 Å². The molecule has 1 aliphatic heterocycles. The Balaban J connectivity index is 1.95. The molecule has 2 aromatic carbocycles. The van der Waals surface area contributed by atoms with Crippen LogP contribution in [0, 0.1) is 0 Å². The molecule has 1 atom stereocenters. The van der Waals surface area contributed by atoms with E-state index in [1.54, 1.807) is 43.3 Å². The summed E-state index contributed by atoms with van der Waals surface area (Å²) in [6, 6.07) is 13.8. The summed E-state index contributed by atoms with van der Waals surface area (Å²) in [4.78, 5) is 25.0. The molecule has 0 fully saturated rings. The monoisotopic (exact) mass is 430 g/mol. The Hall–Kier alpha value is -3.33. The van der Waals surface area contributed by atoms with E-state index in [-0.39, 0.29) is 35.1 Å². The molecule has 2 N–H and O–H groups in total. The van der Waals surface area contributed by atoms with Gasteiger partial charge >= 0.3 is 12.0 Å². The Morgan fingerprint density at radius 1 is 1.10 bits per heavy atom. The highest BCUT2D eigenvalue weighted by atomic mass is 32.2. The largest absolute Gasteiger partial charge is 0.487 e. The topological polar surface area (TPSA) is 111 Å². The van der Waals surface area contributed by atoms with Gasteiger partial charge in [0.25, 0.3) is 0 Å². The van der Waals surface area contributed by atoms with Crippen molar-refractivity contribution in [3.05, 3.63) is 71.4 Å². The van der Waals surface area contributed by atoms with Gasteiger partial charge in [-0.15, -0.1) is 0 Å². The molecule has 0 aliphatic carbocycles. The number of amides is 2. The van der Waals surface area contributed by atoms with Crippen LogP contribution in [0.5, 0.6) is 5.75 Å². The van der Waals surface area contributed by atoms with E-state index >= 15 is 0 Å². The van der Waals surface area contributed by atoms with Crippen LogP contribution in [0.2, 0.25) is 0 Å². The molecule has 2 aromatic rings. The minimum atomic E-state index is -3.40. The summed E-state index contributed by atoms with van der Waals surface area (Å²) < 4.78 is 34.4. The van der Waals surface area contributed by atoms with Crippen molar-refractivity contribution in [2.75, 3.05) is 19.5 Å². The third-order valence-electron chi connectivity index (χ3n) is 4.40. The lowest BCUT2D eigenvalue weighted by Crippen LogP contribution is -2.47. The van der Waals surface area contributed by atoms with Crippen LogP contribution in [0.25, 0.3) is 0 Å². The first-order valence-electron chi connectivity index (χ1n) is 9.25. The Labute approximate surface area is 174 Å². The summed E-state index contributed by atoms with van der Waals surface area (Å²) in [5, 5.41) is 5.34. The molecule has 9 heteroatoms. The number of esters is 1. The lowest BCUT2D eigenvalue weighted by atomic mass is 9.95. The number of urea groups is 1. The molecule has 0 saturated heterocycles. The van der Waals surface area contributed by atoms with E-state index in [0.29, 0.717) is 5.56 Å². The molecular weight excluding hydrogens is 408 g/mol. The summed E-state index contributed by atoms with van der Waals surface area (Å²) in [5.74, 6) is -0.292. The number of nitrogens with one attached hydrogen (secondary N) is 2. The molecule has 0 saturated carbocycles. The molecule has 2 amide bonds. The number of ether oxygens (including phenoxy) is 2. The predicted molar refractivity (Wildman–Crippen MR) is 110 cm³/mol. The van der Waals surface area contributed by atoms with Crippen molar-refractivity contribution in [1.29, 1.82) is 0 Å². The van der Waals surface area contributed by atoms with Gasteiger partial charge in [0.1, 0.15) is 12.4 Å².